The van der Waals surface area contributed by atoms with Gasteiger partial charge in [-0.2, -0.15) is 0 Å². The highest BCUT2D eigenvalue weighted by Gasteiger charge is 2.20. The summed E-state index contributed by atoms with van der Waals surface area (Å²) in [6.45, 7) is 12.6. The van der Waals surface area contributed by atoms with Gasteiger partial charge in [0.25, 0.3) is 5.91 Å². The van der Waals surface area contributed by atoms with Gasteiger partial charge in [-0.1, -0.05) is 38.8 Å². The van der Waals surface area contributed by atoms with Gasteiger partial charge in [-0.25, -0.2) is 0 Å². The van der Waals surface area contributed by atoms with E-state index in [2.05, 4.69) is 36.4 Å². The van der Waals surface area contributed by atoms with Gasteiger partial charge in [0.1, 0.15) is 12.4 Å². The summed E-state index contributed by atoms with van der Waals surface area (Å²) in [5.74, 6) is 0.576. The molecular formula is C28H41ClN4O3. The minimum atomic E-state index is -0.0739. The Hall–Kier alpha value is -2.80. The molecule has 0 fully saturated rings. The van der Waals surface area contributed by atoms with Crippen LogP contribution >= 0.6 is 11.6 Å². The van der Waals surface area contributed by atoms with Crippen LogP contribution in [0.2, 0.25) is 5.02 Å². The lowest BCUT2D eigenvalue weighted by molar-refractivity contribution is -0.121. The topological polar surface area (TPSA) is 83.6 Å². The fourth-order valence-electron chi connectivity index (χ4n) is 3.56. The maximum atomic E-state index is 13.3. The van der Waals surface area contributed by atoms with Gasteiger partial charge in [0.15, 0.2) is 0 Å². The zero-order valence-electron chi connectivity index (χ0n) is 22.3. The van der Waals surface area contributed by atoms with E-state index in [1.165, 1.54) is 0 Å². The number of benzene rings is 1. The van der Waals surface area contributed by atoms with E-state index in [1.54, 1.807) is 30.6 Å². The Morgan fingerprint density at radius 3 is 2.47 bits per heavy atom. The van der Waals surface area contributed by atoms with Crippen molar-refractivity contribution in [2.75, 3.05) is 31.6 Å². The van der Waals surface area contributed by atoms with Crippen molar-refractivity contribution >= 4 is 29.1 Å². The molecular weight excluding hydrogens is 476 g/mol. The predicted octanol–water partition coefficient (Wildman–Crippen LogP) is 5.80. The minimum Gasteiger partial charge on any atom is -0.492 e. The maximum Gasteiger partial charge on any atom is 0.254 e. The van der Waals surface area contributed by atoms with Gasteiger partial charge in [0.05, 0.1) is 0 Å². The molecule has 0 saturated carbocycles. The lowest BCUT2D eigenvalue weighted by Gasteiger charge is -2.27. The summed E-state index contributed by atoms with van der Waals surface area (Å²) < 4.78 is 5.84. The molecule has 0 spiro atoms. The number of halogens is 1. The van der Waals surface area contributed by atoms with Crippen molar-refractivity contribution in [2.24, 2.45) is 5.41 Å². The number of ether oxygens (including phenoxy) is 1. The Kier molecular flexibility index (Phi) is 12.0. The molecule has 0 aliphatic heterocycles. The molecule has 1 heterocycles. The summed E-state index contributed by atoms with van der Waals surface area (Å²) in [5, 5.41) is 6.70. The first-order chi connectivity index (χ1) is 17.0. The molecule has 2 aromatic rings. The van der Waals surface area contributed by atoms with E-state index in [0.717, 1.165) is 24.9 Å². The van der Waals surface area contributed by atoms with Crippen LogP contribution in [0.5, 0.6) is 5.75 Å². The van der Waals surface area contributed by atoms with Crippen LogP contribution < -0.4 is 15.4 Å². The summed E-state index contributed by atoms with van der Waals surface area (Å²) in [7, 11) is 0. The van der Waals surface area contributed by atoms with Gasteiger partial charge >= 0.3 is 0 Å². The highest BCUT2D eigenvalue weighted by atomic mass is 35.5. The van der Waals surface area contributed by atoms with Crippen molar-refractivity contribution in [1.29, 1.82) is 0 Å². The Bertz CT molecular complexity index is 961. The van der Waals surface area contributed by atoms with Crippen molar-refractivity contribution in [3.63, 3.8) is 0 Å². The molecule has 0 aliphatic rings. The number of hydrogen-bond acceptors (Lipinski definition) is 5. The van der Waals surface area contributed by atoms with Crippen molar-refractivity contribution in [2.45, 2.75) is 66.3 Å². The molecule has 0 atom stereocenters. The van der Waals surface area contributed by atoms with Crippen LogP contribution in [0, 0.1) is 5.41 Å². The highest BCUT2D eigenvalue weighted by molar-refractivity contribution is 6.31. The molecule has 2 N–H and O–H groups in total. The fraction of sp³-hybridized carbons (Fsp3) is 0.536. The second-order valence-electron chi connectivity index (χ2n) is 10.4. The van der Waals surface area contributed by atoms with E-state index in [1.807, 2.05) is 30.9 Å². The number of nitrogens with zero attached hydrogens (tertiary/aromatic N) is 2. The van der Waals surface area contributed by atoms with E-state index >= 15 is 0 Å². The predicted molar refractivity (Wildman–Crippen MR) is 147 cm³/mol. The first-order valence-corrected chi connectivity index (χ1v) is 13.1. The van der Waals surface area contributed by atoms with Crippen LogP contribution in [0.15, 0.2) is 42.7 Å². The smallest absolute Gasteiger partial charge is 0.254 e. The third-order valence-corrected chi connectivity index (χ3v) is 5.72. The van der Waals surface area contributed by atoms with Crippen LogP contribution in [0.25, 0.3) is 0 Å². The van der Waals surface area contributed by atoms with E-state index in [9.17, 15) is 9.59 Å². The zero-order valence-corrected chi connectivity index (χ0v) is 23.0. The average molecular weight is 517 g/mol. The van der Waals surface area contributed by atoms with E-state index in [4.69, 9.17) is 16.3 Å². The Morgan fingerprint density at radius 2 is 1.81 bits per heavy atom. The molecule has 198 valence electrons. The molecule has 8 heteroatoms. The fourth-order valence-corrected chi connectivity index (χ4v) is 3.79. The molecule has 36 heavy (non-hydrogen) atoms. The average Bonchev–Trinajstić information content (AvgIpc) is 2.82. The molecule has 2 amide bonds. The standard InChI is InChI=1S/C28H41ClN4O3/c1-21(2)33(15-8-6-7-9-26(34)32-20-28(3,4)5)27(35)22-17-23(29)19-25(18-22)36-16-14-31-24-10-12-30-13-11-24/h10-13,17-19,21H,6-9,14-16,20H2,1-5H3,(H,30,31)(H,32,34). The number of carbonyl (C=O) groups excluding carboxylic acids is 2. The molecule has 0 aliphatic carbocycles. The molecule has 1 aromatic carbocycles. The van der Waals surface area contributed by atoms with Crippen molar-refractivity contribution < 1.29 is 14.3 Å². The zero-order chi connectivity index (χ0) is 26.6. The first kappa shape index (κ1) is 29.4. The van der Waals surface area contributed by atoms with Gasteiger partial charge < -0.3 is 20.3 Å². The summed E-state index contributed by atoms with van der Waals surface area (Å²) in [4.78, 5) is 31.1. The summed E-state index contributed by atoms with van der Waals surface area (Å²) >= 11 is 6.30. The second-order valence-corrected chi connectivity index (χ2v) is 10.9. The lowest BCUT2D eigenvalue weighted by Crippen LogP contribution is -2.37. The first-order valence-electron chi connectivity index (χ1n) is 12.7. The van der Waals surface area contributed by atoms with E-state index in [0.29, 0.717) is 49.0 Å². The summed E-state index contributed by atoms with van der Waals surface area (Å²) in [6, 6.07) is 8.96. The Balaban J connectivity index is 1.83. The van der Waals surface area contributed by atoms with Crippen LogP contribution in [0.3, 0.4) is 0 Å². The third kappa shape index (κ3) is 11.3. The third-order valence-electron chi connectivity index (χ3n) is 5.50. The van der Waals surface area contributed by atoms with Crippen LogP contribution in [-0.2, 0) is 4.79 Å². The molecule has 0 radical (unpaired) electrons. The van der Waals surface area contributed by atoms with Crippen molar-refractivity contribution in [3.8, 4) is 5.75 Å². The number of carbonyl (C=O) groups is 2. The monoisotopic (exact) mass is 516 g/mol. The van der Waals surface area contributed by atoms with E-state index in [-0.39, 0.29) is 23.3 Å². The second kappa shape index (κ2) is 14.7. The van der Waals surface area contributed by atoms with Gasteiger partial charge in [-0.3, -0.25) is 14.6 Å². The minimum absolute atomic E-state index is 0.0421. The number of amides is 2. The highest BCUT2D eigenvalue weighted by Crippen LogP contribution is 2.23. The normalized spacial score (nSPS) is 11.3. The Labute approximate surface area is 221 Å². The van der Waals surface area contributed by atoms with Crippen LogP contribution in [0.4, 0.5) is 5.69 Å². The maximum absolute atomic E-state index is 13.3. The molecule has 7 nitrogen and oxygen atoms in total. The van der Waals surface area contributed by atoms with Gasteiger partial charge in [0.2, 0.25) is 5.91 Å². The van der Waals surface area contributed by atoms with Crippen molar-refractivity contribution in [1.82, 2.24) is 15.2 Å². The molecule has 0 unspecified atom stereocenters. The van der Waals surface area contributed by atoms with Gasteiger partial charge in [0, 0.05) is 60.8 Å². The van der Waals surface area contributed by atoms with Crippen LogP contribution in [-0.4, -0.2) is 54.0 Å². The van der Waals surface area contributed by atoms with Gasteiger partial charge in [-0.05, 0) is 62.4 Å². The van der Waals surface area contributed by atoms with Crippen molar-refractivity contribution in [3.05, 3.63) is 53.3 Å². The molecule has 0 bridgehead atoms. The number of unbranched alkanes of at least 4 members (excludes halogenated alkanes) is 2. The SMILES string of the molecule is CC(C)N(CCCCCC(=O)NCC(C)(C)C)C(=O)c1cc(Cl)cc(OCCNc2ccncc2)c1. The number of hydrogen-bond donors (Lipinski definition) is 2. The lowest BCUT2D eigenvalue weighted by atomic mass is 9.97. The number of pyridine rings is 1. The largest absolute Gasteiger partial charge is 0.492 e. The quantitative estimate of drug-likeness (QED) is 0.310. The number of rotatable bonds is 14. The number of nitrogens with one attached hydrogen (secondary N) is 2. The van der Waals surface area contributed by atoms with Crippen LogP contribution in [0.1, 0.15) is 70.7 Å². The number of anilines is 1. The summed E-state index contributed by atoms with van der Waals surface area (Å²) in [6.07, 6.45) is 6.48. The summed E-state index contributed by atoms with van der Waals surface area (Å²) in [5.41, 5.74) is 1.55. The Morgan fingerprint density at radius 1 is 1.08 bits per heavy atom. The number of aromatic nitrogens is 1. The molecule has 1 aromatic heterocycles. The molecule has 2 rings (SSSR count). The van der Waals surface area contributed by atoms with Gasteiger partial charge in [-0.15, -0.1) is 0 Å². The molecule has 0 saturated heterocycles. The van der Waals surface area contributed by atoms with E-state index < -0.39 is 0 Å².